The zero-order valence-corrected chi connectivity index (χ0v) is 8.79. The lowest BCUT2D eigenvalue weighted by Gasteiger charge is -2.14. The zero-order valence-electron chi connectivity index (χ0n) is 8.79. The summed E-state index contributed by atoms with van der Waals surface area (Å²) < 4.78 is 5.41. The molecule has 3 rings (SSSR count). The number of aliphatic carboxylic acids is 2. The molecular formula is C12H10O5. The van der Waals surface area contributed by atoms with Gasteiger partial charge >= 0.3 is 11.9 Å². The van der Waals surface area contributed by atoms with Crippen molar-refractivity contribution in [1.82, 2.24) is 0 Å². The Hall–Kier alpha value is -2.04. The Labute approximate surface area is 96.6 Å². The molecule has 1 fully saturated rings. The van der Waals surface area contributed by atoms with E-state index in [9.17, 15) is 19.8 Å². The van der Waals surface area contributed by atoms with Crippen molar-refractivity contribution in [1.29, 1.82) is 0 Å². The molecule has 2 aliphatic rings. The lowest BCUT2D eigenvalue weighted by atomic mass is 9.99. The van der Waals surface area contributed by atoms with Crippen molar-refractivity contribution in [2.24, 2.45) is 11.3 Å². The summed E-state index contributed by atoms with van der Waals surface area (Å²) in [6.07, 6.45) is 0. The smallest absolute Gasteiger partial charge is 0.322 e. The lowest BCUT2D eigenvalue weighted by Crippen LogP contribution is -2.29. The van der Waals surface area contributed by atoms with Crippen LogP contribution in [0.4, 0.5) is 0 Å². The number of carbonyl (C=O) groups is 2. The molecule has 0 saturated heterocycles. The Morgan fingerprint density at radius 3 is 2.53 bits per heavy atom. The van der Waals surface area contributed by atoms with E-state index in [1.807, 2.05) is 0 Å². The Morgan fingerprint density at radius 2 is 1.88 bits per heavy atom. The molecule has 17 heavy (non-hydrogen) atoms. The molecule has 1 heterocycles. The largest absolute Gasteiger partial charge is 0.493 e. The van der Waals surface area contributed by atoms with E-state index in [4.69, 9.17) is 4.74 Å². The molecule has 1 aliphatic carbocycles. The first-order chi connectivity index (χ1) is 8.10. The van der Waals surface area contributed by atoms with Gasteiger partial charge in [-0.15, -0.1) is 0 Å². The Kier molecular flexibility index (Phi) is 1.79. The lowest BCUT2D eigenvalue weighted by molar-refractivity contribution is -0.158. The summed E-state index contributed by atoms with van der Waals surface area (Å²) in [7, 11) is 0. The number of carboxylic acids is 2. The van der Waals surface area contributed by atoms with Crippen molar-refractivity contribution in [3.05, 3.63) is 29.8 Å². The van der Waals surface area contributed by atoms with Crippen molar-refractivity contribution >= 4 is 11.9 Å². The van der Waals surface area contributed by atoms with Gasteiger partial charge in [0.05, 0.1) is 6.61 Å². The number of ether oxygens (including phenoxy) is 1. The van der Waals surface area contributed by atoms with Crippen molar-refractivity contribution in [3.63, 3.8) is 0 Å². The maximum Gasteiger partial charge on any atom is 0.322 e. The van der Waals surface area contributed by atoms with Crippen LogP contribution in [-0.2, 0) is 9.59 Å². The van der Waals surface area contributed by atoms with E-state index < -0.39 is 29.2 Å². The normalized spacial score (nSPS) is 27.3. The highest BCUT2D eigenvalue weighted by molar-refractivity contribution is 6.04. The van der Waals surface area contributed by atoms with Gasteiger partial charge < -0.3 is 14.9 Å². The standard InChI is InChI=1S/C12H10O5/c13-10(14)12(11(15)16)7-5-17-8-4-2-1-3-6(8)9(7)12/h1-4,7,9H,5H2,(H,13,14)(H,15,16)/t7-,9+/m1/s1. The third kappa shape index (κ3) is 1.03. The highest BCUT2D eigenvalue weighted by Gasteiger charge is 2.77. The molecule has 0 unspecified atom stereocenters. The fourth-order valence-electron chi connectivity index (χ4n) is 2.87. The van der Waals surface area contributed by atoms with Gasteiger partial charge in [0.1, 0.15) is 5.75 Å². The van der Waals surface area contributed by atoms with E-state index in [1.54, 1.807) is 24.3 Å². The molecular weight excluding hydrogens is 224 g/mol. The van der Waals surface area contributed by atoms with Crippen molar-refractivity contribution in [2.45, 2.75) is 5.92 Å². The van der Waals surface area contributed by atoms with Crippen LogP contribution in [0.25, 0.3) is 0 Å². The summed E-state index contributed by atoms with van der Waals surface area (Å²) in [5.74, 6) is -2.89. The number of fused-ring (bicyclic) bond motifs is 3. The van der Waals surface area contributed by atoms with Gasteiger partial charge in [-0.1, -0.05) is 18.2 Å². The highest BCUT2D eigenvalue weighted by atomic mass is 16.5. The molecule has 0 aromatic heterocycles. The Morgan fingerprint density at radius 1 is 1.24 bits per heavy atom. The van der Waals surface area contributed by atoms with Gasteiger partial charge in [0.15, 0.2) is 5.41 Å². The van der Waals surface area contributed by atoms with Crippen LogP contribution in [0.1, 0.15) is 11.5 Å². The number of hydrogen-bond donors (Lipinski definition) is 2. The van der Waals surface area contributed by atoms with Crippen LogP contribution >= 0.6 is 0 Å². The molecule has 1 aromatic rings. The van der Waals surface area contributed by atoms with E-state index >= 15 is 0 Å². The SMILES string of the molecule is O=C(O)C1(C(=O)O)[C@@H]2COc3ccccc3[C@@H]21. The van der Waals surface area contributed by atoms with Crippen LogP contribution in [0.5, 0.6) is 5.75 Å². The van der Waals surface area contributed by atoms with E-state index in [0.717, 1.165) is 0 Å². The van der Waals surface area contributed by atoms with E-state index in [1.165, 1.54) is 0 Å². The first kappa shape index (κ1) is 10.1. The predicted octanol–water partition coefficient (Wildman–Crippen LogP) is 0.948. The van der Waals surface area contributed by atoms with Crippen LogP contribution in [0.3, 0.4) is 0 Å². The van der Waals surface area contributed by atoms with Gasteiger partial charge in [-0.05, 0) is 11.6 Å². The number of hydrogen-bond acceptors (Lipinski definition) is 3. The van der Waals surface area contributed by atoms with Crippen molar-refractivity contribution in [2.75, 3.05) is 6.61 Å². The van der Waals surface area contributed by atoms with E-state index in [-0.39, 0.29) is 6.61 Å². The maximum absolute atomic E-state index is 11.3. The highest BCUT2D eigenvalue weighted by Crippen LogP contribution is 2.68. The summed E-state index contributed by atoms with van der Waals surface area (Å²) in [6.45, 7) is 0.153. The second-order valence-corrected chi connectivity index (χ2v) is 4.41. The van der Waals surface area contributed by atoms with Gasteiger partial charge in [0.25, 0.3) is 0 Å². The fraction of sp³-hybridized carbons (Fsp3) is 0.333. The van der Waals surface area contributed by atoms with Crippen molar-refractivity contribution < 1.29 is 24.5 Å². The fourth-order valence-corrected chi connectivity index (χ4v) is 2.87. The average Bonchev–Trinajstić information content (AvgIpc) is 2.99. The van der Waals surface area contributed by atoms with Crippen LogP contribution in [0.15, 0.2) is 24.3 Å². The molecule has 5 nitrogen and oxygen atoms in total. The molecule has 88 valence electrons. The third-order valence-electron chi connectivity index (χ3n) is 3.75. The minimum Gasteiger partial charge on any atom is -0.493 e. The Bertz CT molecular complexity index is 507. The summed E-state index contributed by atoms with van der Waals surface area (Å²) in [6, 6.07) is 7.01. The molecule has 2 N–H and O–H groups in total. The van der Waals surface area contributed by atoms with Gasteiger partial charge in [-0.3, -0.25) is 9.59 Å². The molecule has 1 saturated carbocycles. The van der Waals surface area contributed by atoms with Gasteiger partial charge in [-0.2, -0.15) is 0 Å². The predicted molar refractivity (Wildman–Crippen MR) is 55.9 cm³/mol. The first-order valence-electron chi connectivity index (χ1n) is 5.28. The molecule has 5 heteroatoms. The Balaban J connectivity index is 2.12. The van der Waals surface area contributed by atoms with Crippen LogP contribution in [0, 0.1) is 11.3 Å². The minimum atomic E-state index is -1.70. The third-order valence-corrected chi connectivity index (χ3v) is 3.75. The van der Waals surface area contributed by atoms with Gasteiger partial charge in [0.2, 0.25) is 0 Å². The van der Waals surface area contributed by atoms with Gasteiger partial charge in [-0.25, -0.2) is 0 Å². The first-order valence-corrected chi connectivity index (χ1v) is 5.28. The monoisotopic (exact) mass is 234 g/mol. The number of benzene rings is 1. The zero-order chi connectivity index (χ0) is 12.2. The van der Waals surface area contributed by atoms with Crippen molar-refractivity contribution in [3.8, 4) is 5.75 Å². The second kappa shape index (κ2) is 3.00. The summed E-state index contributed by atoms with van der Waals surface area (Å²) in [4.78, 5) is 22.5. The topological polar surface area (TPSA) is 83.8 Å². The molecule has 0 amide bonds. The molecule has 0 bridgehead atoms. The number of carboxylic acid groups (broad SMARTS) is 2. The summed E-state index contributed by atoms with van der Waals surface area (Å²) >= 11 is 0. The number of rotatable bonds is 2. The minimum absolute atomic E-state index is 0.153. The van der Waals surface area contributed by atoms with Crippen LogP contribution in [-0.4, -0.2) is 28.8 Å². The molecule has 0 spiro atoms. The maximum atomic E-state index is 11.3. The van der Waals surface area contributed by atoms with E-state index in [0.29, 0.717) is 11.3 Å². The van der Waals surface area contributed by atoms with E-state index in [2.05, 4.69) is 0 Å². The second-order valence-electron chi connectivity index (χ2n) is 4.41. The summed E-state index contributed by atoms with van der Waals surface area (Å²) in [5, 5.41) is 18.4. The quantitative estimate of drug-likeness (QED) is 0.744. The molecule has 1 aliphatic heterocycles. The molecule has 2 atom stereocenters. The average molecular weight is 234 g/mol. The van der Waals surface area contributed by atoms with Crippen LogP contribution in [0.2, 0.25) is 0 Å². The van der Waals surface area contributed by atoms with Crippen LogP contribution < -0.4 is 4.74 Å². The molecule has 0 radical (unpaired) electrons. The number of para-hydroxylation sites is 1. The summed E-state index contributed by atoms with van der Waals surface area (Å²) in [5.41, 5.74) is -1.01. The van der Waals surface area contributed by atoms with Gasteiger partial charge in [0, 0.05) is 11.8 Å². The molecule has 1 aromatic carbocycles.